The van der Waals surface area contributed by atoms with Crippen molar-refractivity contribution in [1.82, 2.24) is 24.6 Å². The van der Waals surface area contributed by atoms with Crippen molar-refractivity contribution < 1.29 is 28.6 Å². The number of carbonyl (C=O) groups excluding carboxylic acids is 3. The van der Waals surface area contributed by atoms with Crippen LogP contribution < -0.4 is 25.7 Å². The van der Waals surface area contributed by atoms with E-state index in [9.17, 15) is 19.2 Å². The van der Waals surface area contributed by atoms with Crippen LogP contribution in [0.4, 0.5) is 5.69 Å². The molecule has 290 valence electrons. The van der Waals surface area contributed by atoms with Crippen LogP contribution in [0.1, 0.15) is 93.2 Å². The third-order valence-electron chi connectivity index (χ3n) is 11.3. The van der Waals surface area contributed by atoms with Crippen molar-refractivity contribution in [2.75, 3.05) is 31.6 Å². The van der Waals surface area contributed by atoms with E-state index in [1.165, 1.54) is 5.56 Å². The van der Waals surface area contributed by atoms with Gasteiger partial charge in [-0.05, 0) is 101 Å². The molecule has 4 heterocycles. The summed E-state index contributed by atoms with van der Waals surface area (Å²) in [4.78, 5) is 52.8. The van der Waals surface area contributed by atoms with Crippen molar-refractivity contribution in [2.24, 2.45) is 5.92 Å². The maximum atomic E-state index is 13.6. The van der Waals surface area contributed by atoms with Gasteiger partial charge in [-0.3, -0.25) is 34.1 Å². The number of benzene rings is 2. The number of anilines is 1. The largest absolute Gasteiger partial charge is 0.490 e. The molecule has 0 radical (unpaired) electrons. The highest BCUT2D eigenvalue weighted by atomic mass is 16.5. The maximum absolute atomic E-state index is 13.6. The van der Waals surface area contributed by atoms with Gasteiger partial charge in [-0.25, -0.2) is 0 Å². The van der Waals surface area contributed by atoms with E-state index in [1.54, 1.807) is 22.9 Å². The third kappa shape index (κ3) is 8.63. The molecule has 3 amide bonds. The summed E-state index contributed by atoms with van der Waals surface area (Å²) in [6, 6.07) is 15.8. The van der Waals surface area contributed by atoms with Crippen LogP contribution in [0.25, 0.3) is 10.9 Å². The molecule has 13 nitrogen and oxygen atoms in total. The Morgan fingerprint density at radius 2 is 1.78 bits per heavy atom. The minimum absolute atomic E-state index is 0.150. The molecule has 2 saturated heterocycles. The van der Waals surface area contributed by atoms with Crippen molar-refractivity contribution in [2.45, 2.75) is 102 Å². The second-order valence-electron chi connectivity index (χ2n) is 15.8. The van der Waals surface area contributed by atoms with Crippen LogP contribution in [0, 0.1) is 5.92 Å². The Kier molecular flexibility index (Phi) is 10.7. The molecule has 13 heteroatoms. The van der Waals surface area contributed by atoms with Crippen LogP contribution in [-0.4, -0.2) is 81.5 Å². The SMILES string of the molecule is CC(C)Oc1cc2nn(C3CCC(CN4CCOC[C@H]4Cc4ccc(OC5CCC(=O)NC5=O)cc4)CC3)cc2cc1C(=O)Nc1cccn(C2CC2)c1=O. The number of ether oxygens (including phenoxy) is 3. The van der Waals surface area contributed by atoms with E-state index in [0.29, 0.717) is 36.0 Å². The molecule has 0 spiro atoms. The smallest absolute Gasteiger partial charge is 0.274 e. The molecule has 2 aromatic carbocycles. The third-order valence-corrected chi connectivity index (χ3v) is 11.3. The first-order valence-electron chi connectivity index (χ1n) is 19.8. The summed E-state index contributed by atoms with van der Waals surface area (Å²) >= 11 is 0. The highest BCUT2D eigenvalue weighted by Gasteiger charge is 2.31. The number of carbonyl (C=O) groups is 3. The minimum Gasteiger partial charge on any atom is -0.490 e. The summed E-state index contributed by atoms with van der Waals surface area (Å²) in [7, 11) is 0. The molecule has 2 N–H and O–H groups in total. The highest BCUT2D eigenvalue weighted by molar-refractivity contribution is 6.08. The van der Waals surface area contributed by atoms with E-state index in [-0.39, 0.29) is 59.6 Å². The van der Waals surface area contributed by atoms with Crippen molar-refractivity contribution in [1.29, 1.82) is 0 Å². The van der Waals surface area contributed by atoms with E-state index in [0.717, 1.165) is 75.5 Å². The standard InChI is InChI=1S/C42H50N6O7/c1-26(2)54-38-22-36-29(21-34(38)40(50)43-35-4-3-17-47(42(35)52)30-11-12-30)24-48(45-36)31-9-5-28(6-10-31)23-46-18-19-53-25-32(46)20-27-7-13-33(14-8-27)55-37-15-16-39(49)44-41(37)51/h3-4,7-8,13-14,17,21-22,24,26,28,30-32,37H,5-6,9-12,15-16,18-20,23,25H2,1-2H3,(H,43,50)(H,44,49,51)/t28?,31?,32-,37?/m1/s1. The van der Waals surface area contributed by atoms with Crippen LogP contribution in [0.3, 0.4) is 0 Å². The van der Waals surface area contributed by atoms with Gasteiger partial charge in [0.05, 0.1) is 36.4 Å². The Labute approximate surface area is 320 Å². The molecular formula is C42H50N6O7. The second kappa shape index (κ2) is 16.0. The summed E-state index contributed by atoms with van der Waals surface area (Å²) in [5.74, 6) is 0.633. The molecule has 1 unspecified atom stereocenters. The summed E-state index contributed by atoms with van der Waals surface area (Å²) in [6.07, 6.45) is 10.8. The Morgan fingerprint density at radius 3 is 2.53 bits per heavy atom. The zero-order valence-electron chi connectivity index (χ0n) is 31.6. The fourth-order valence-corrected chi connectivity index (χ4v) is 8.19. The van der Waals surface area contributed by atoms with Gasteiger partial charge in [0.2, 0.25) is 5.91 Å². The molecule has 4 aromatic rings. The van der Waals surface area contributed by atoms with Crippen LogP contribution in [-0.2, 0) is 20.7 Å². The lowest BCUT2D eigenvalue weighted by Crippen LogP contribution is -2.48. The maximum Gasteiger partial charge on any atom is 0.274 e. The number of nitrogens with zero attached hydrogens (tertiary/aromatic N) is 4. The highest BCUT2D eigenvalue weighted by Crippen LogP contribution is 2.36. The Morgan fingerprint density at radius 1 is 1.00 bits per heavy atom. The Bertz CT molecular complexity index is 2100. The number of hydrogen-bond acceptors (Lipinski definition) is 9. The lowest BCUT2D eigenvalue weighted by molar-refractivity contribution is -0.138. The van der Waals surface area contributed by atoms with E-state index < -0.39 is 6.10 Å². The Hall–Kier alpha value is -5.01. The van der Waals surface area contributed by atoms with Gasteiger partial charge in [0.25, 0.3) is 17.4 Å². The molecule has 0 bridgehead atoms. The predicted molar refractivity (Wildman–Crippen MR) is 207 cm³/mol. The molecule has 2 saturated carbocycles. The van der Waals surface area contributed by atoms with Crippen LogP contribution in [0.2, 0.25) is 0 Å². The number of fused-ring (bicyclic) bond motifs is 1. The summed E-state index contributed by atoms with van der Waals surface area (Å²) in [5.41, 5.74) is 2.41. The summed E-state index contributed by atoms with van der Waals surface area (Å²) in [6.45, 7) is 7.21. The van der Waals surface area contributed by atoms with Gasteiger partial charge in [0, 0.05) is 61.9 Å². The summed E-state index contributed by atoms with van der Waals surface area (Å²) in [5, 5.41) is 11.0. The zero-order chi connectivity index (χ0) is 38.1. The minimum atomic E-state index is -0.647. The molecule has 2 aliphatic carbocycles. The van der Waals surface area contributed by atoms with Crippen molar-refractivity contribution in [3.63, 3.8) is 0 Å². The van der Waals surface area contributed by atoms with Crippen molar-refractivity contribution in [3.05, 3.63) is 82.4 Å². The summed E-state index contributed by atoms with van der Waals surface area (Å²) < 4.78 is 21.7. The molecule has 8 rings (SSSR count). The van der Waals surface area contributed by atoms with Gasteiger partial charge in [-0.2, -0.15) is 5.10 Å². The number of hydrogen-bond donors (Lipinski definition) is 2. The molecule has 2 aromatic heterocycles. The van der Waals surface area contributed by atoms with E-state index in [1.807, 2.05) is 44.3 Å². The molecular weight excluding hydrogens is 700 g/mol. The predicted octanol–water partition coefficient (Wildman–Crippen LogP) is 5.43. The van der Waals surface area contributed by atoms with E-state index in [4.69, 9.17) is 19.3 Å². The normalized spacial score (nSPS) is 23.5. The fraction of sp³-hybridized carbons (Fsp3) is 0.500. The van der Waals surface area contributed by atoms with Crippen LogP contribution in [0.15, 0.2) is 65.7 Å². The number of piperidine rings is 1. The monoisotopic (exact) mass is 750 g/mol. The number of imide groups is 1. The van der Waals surface area contributed by atoms with E-state index >= 15 is 0 Å². The number of morpholine rings is 1. The van der Waals surface area contributed by atoms with E-state index in [2.05, 4.69) is 32.3 Å². The molecule has 2 atom stereocenters. The number of pyridine rings is 1. The first-order valence-corrected chi connectivity index (χ1v) is 19.8. The first-order chi connectivity index (χ1) is 26.7. The van der Waals surface area contributed by atoms with Crippen LogP contribution >= 0.6 is 0 Å². The fourth-order valence-electron chi connectivity index (χ4n) is 8.19. The second-order valence-corrected chi connectivity index (χ2v) is 15.8. The number of rotatable bonds is 12. The molecule has 4 aliphatic rings. The molecule has 55 heavy (non-hydrogen) atoms. The van der Waals surface area contributed by atoms with Crippen LogP contribution in [0.5, 0.6) is 11.5 Å². The average Bonchev–Trinajstić information content (AvgIpc) is 3.93. The van der Waals surface area contributed by atoms with Crippen molar-refractivity contribution >= 4 is 34.3 Å². The quantitative estimate of drug-likeness (QED) is 0.181. The number of nitrogens with one attached hydrogen (secondary N) is 2. The first kappa shape index (κ1) is 36.9. The zero-order valence-corrected chi connectivity index (χ0v) is 31.6. The topological polar surface area (TPSA) is 146 Å². The molecule has 2 aliphatic heterocycles. The van der Waals surface area contributed by atoms with Gasteiger partial charge in [-0.15, -0.1) is 0 Å². The molecule has 4 fully saturated rings. The van der Waals surface area contributed by atoms with Crippen molar-refractivity contribution in [3.8, 4) is 11.5 Å². The Balaban J connectivity index is 0.884. The number of amides is 3. The number of aromatic nitrogens is 3. The lowest BCUT2D eigenvalue weighted by atomic mass is 9.85. The lowest BCUT2D eigenvalue weighted by Gasteiger charge is -2.39. The van der Waals surface area contributed by atoms with Gasteiger partial charge in [0.15, 0.2) is 6.10 Å². The average molecular weight is 751 g/mol. The van der Waals surface area contributed by atoms with Gasteiger partial charge >= 0.3 is 0 Å². The van der Waals surface area contributed by atoms with Gasteiger partial charge in [-0.1, -0.05) is 12.1 Å². The van der Waals surface area contributed by atoms with Gasteiger partial charge in [0.1, 0.15) is 17.2 Å². The van der Waals surface area contributed by atoms with Gasteiger partial charge < -0.3 is 24.1 Å².